The largest absolute Gasteiger partial charge is 0.361 e. The maximum atomic E-state index is 4.01. The molecule has 0 unspecified atom stereocenters. The number of hydrogen-bond donors (Lipinski definition) is 2. The summed E-state index contributed by atoms with van der Waals surface area (Å²) in [6.45, 7) is 8.30. The lowest BCUT2D eigenvalue weighted by Gasteiger charge is -2.33. The zero-order chi connectivity index (χ0) is 12.4. The Balaban J connectivity index is 0.000001000. The summed E-state index contributed by atoms with van der Waals surface area (Å²) in [5.41, 5.74) is 2.52. The summed E-state index contributed by atoms with van der Waals surface area (Å²) in [4.78, 5) is 5.76. The van der Waals surface area contributed by atoms with Gasteiger partial charge in [-0.15, -0.1) is 31.4 Å². The Morgan fingerprint density at radius 2 is 1.90 bits per heavy atom. The van der Waals surface area contributed by atoms with E-state index in [2.05, 4.69) is 52.1 Å². The Labute approximate surface area is 132 Å². The molecule has 2 N–H and O–H groups in total. The third kappa shape index (κ3) is 3.36. The van der Waals surface area contributed by atoms with Crippen LogP contribution in [0.3, 0.4) is 0 Å². The molecule has 2 heterocycles. The SMILES string of the molecule is C=C[C@@H](c1ccc2cc[nH]c2c1)N1CCNCC1.Cl.Cl. The summed E-state index contributed by atoms with van der Waals surface area (Å²) in [6, 6.07) is 9.06. The van der Waals surface area contributed by atoms with Crippen molar-refractivity contribution in [3.63, 3.8) is 0 Å². The van der Waals surface area contributed by atoms with Gasteiger partial charge in [0.1, 0.15) is 0 Å². The highest BCUT2D eigenvalue weighted by Crippen LogP contribution is 2.25. The lowest BCUT2D eigenvalue weighted by molar-refractivity contribution is 0.203. The quantitative estimate of drug-likeness (QED) is 0.853. The van der Waals surface area contributed by atoms with Crippen LogP contribution in [-0.2, 0) is 0 Å². The van der Waals surface area contributed by atoms with Crippen LogP contribution in [0.15, 0.2) is 43.1 Å². The number of nitrogens with zero attached hydrogens (tertiary/aromatic N) is 1. The molecule has 0 spiro atoms. The van der Waals surface area contributed by atoms with Crippen molar-refractivity contribution < 1.29 is 0 Å². The van der Waals surface area contributed by atoms with Gasteiger partial charge in [0.05, 0.1) is 6.04 Å². The van der Waals surface area contributed by atoms with E-state index in [1.165, 1.54) is 16.5 Å². The number of nitrogens with one attached hydrogen (secondary N) is 2. The van der Waals surface area contributed by atoms with Crippen LogP contribution in [0.25, 0.3) is 10.9 Å². The minimum atomic E-state index is 0. The molecule has 1 saturated heterocycles. The number of piperazine rings is 1. The summed E-state index contributed by atoms with van der Waals surface area (Å²) < 4.78 is 0. The predicted octanol–water partition coefficient (Wildman–Crippen LogP) is 3.14. The van der Waals surface area contributed by atoms with E-state index in [1.54, 1.807) is 0 Å². The van der Waals surface area contributed by atoms with Crippen LogP contribution < -0.4 is 5.32 Å². The van der Waals surface area contributed by atoms with E-state index in [1.807, 2.05) is 6.20 Å². The van der Waals surface area contributed by atoms with Crippen LogP contribution >= 0.6 is 24.8 Å². The Morgan fingerprint density at radius 3 is 2.60 bits per heavy atom. The molecule has 0 bridgehead atoms. The number of hydrogen-bond acceptors (Lipinski definition) is 2. The van der Waals surface area contributed by atoms with Gasteiger partial charge in [0, 0.05) is 37.9 Å². The van der Waals surface area contributed by atoms with Crippen molar-refractivity contribution in [1.29, 1.82) is 0 Å². The standard InChI is InChI=1S/C15H19N3.2ClH/c1-2-15(18-9-7-16-8-10-18)13-4-3-12-5-6-17-14(12)11-13;;/h2-6,11,15-17H,1,7-10H2;2*1H/t15-;;/m0../s1. The van der Waals surface area contributed by atoms with Crippen molar-refractivity contribution in [3.05, 3.63) is 48.7 Å². The van der Waals surface area contributed by atoms with Gasteiger partial charge in [0.15, 0.2) is 0 Å². The molecular weight excluding hydrogens is 293 g/mol. The first kappa shape index (κ1) is 17.1. The lowest BCUT2D eigenvalue weighted by Crippen LogP contribution is -2.44. The molecule has 1 atom stereocenters. The molecule has 5 heteroatoms. The number of rotatable bonds is 3. The molecule has 3 nitrogen and oxygen atoms in total. The molecule has 1 aliphatic heterocycles. The van der Waals surface area contributed by atoms with E-state index in [0.29, 0.717) is 6.04 Å². The highest BCUT2D eigenvalue weighted by Gasteiger charge is 2.19. The van der Waals surface area contributed by atoms with Gasteiger partial charge >= 0.3 is 0 Å². The molecular formula is C15H21Cl2N3. The smallest absolute Gasteiger partial charge is 0.0530 e. The van der Waals surface area contributed by atoms with Gasteiger partial charge in [-0.1, -0.05) is 18.2 Å². The first-order valence-corrected chi connectivity index (χ1v) is 6.53. The van der Waals surface area contributed by atoms with E-state index < -0.39 is 0 Å². The first-order valence-electron chi connectivity index (χ1n) is 6.53. The van der Waals surface area contributed by atoms with Crippen LogP contribution in [0.5, 0.6) is 0 Å². The van der Waals surface area contributed by atoms with E-state index in [9.17, 15) is 0 Å². The summed E-state index contributed by atoms with van der Waals surface area (Å²) >= 11 is 0. The minimum absolute atomic E-state index is 0. The molecule has 0 aliphatic carbocycles. The summed E-state index contributed by atoms with van der Waals surface area (Å²) in [7, 11) is 0. The second kappa shape index (κ2) is 7.70. The van der Waals surface area contributed by atoms with Crippen LogP contribution in [0.2, 0.25) is 0 Å². The predicted molar refractivity (Wildman–Crippen MR) is 90.2 cm³/mol. The molecule has 1 fully saturated rings. The van der Waals surface area contributed by atoms with Gasteiger partial charge < -0.3 is 10.3 Å². The molecule has 110 valence electrons. The highest BCUT2D eigenvalue weighted by atomic mass is 35.5. The first-order chi connectivity index (χ1) is 8.88. The number of halogens is 2. The maximum Gasteiger partial charge on any atom is 0.0530 e. The van der Waals surface area contributed by atoms with Gasteiger partial charge in [-0.05, 0) is 23.1 Å². The Kier molecular flexibility index (Phi) is 6.56. The fraction of sp³-hybridized carbons (Fsp3) is 0.333. The van der Waals surface area contributed by atoms with E-state index in [0.717, 1.165) is 26.2 Å². The topological polar surface area (TPSA) is 31.1 Å². The van der Waals surface area contributed by atoms with Crippen molar-refractivity contribution in [3.8, 4) is 0 Å². The Bertz CT molecular complexity index is 547. The Morgan fingerprint density at radius 1 is 1.15 bits per heavy atom. The molecule has 2 aromatic rings. The highest BCUT2D eigenvalue weighted by molar-refractivity contribution is 5.85. The second-order valence-electron chi connectivity index (χ2n) is 4.79. The molecule has 3 rings (SSSR count). The van der Waals surface area contributed by atoms with Crippen molar-refractivity contribution in [2.75, 3.05) is 26.2 Å². The monoisotopic (exact) mass is 313 g/mol. The summed E-state index contributed by atoms with van der Waals surface area (Å²) in [5, 5.41) is 4.65. The molecule has 1 aromatic heterocycles. The molecule has 0 amide bonds. The normalized spacial score (nSPS) is 17.0. The van der Waals surface area contributed by atoms with Crippen LogP contribution in [-0.4, -0.2) is 36.1 Å². The van der Waals surface area contributed by atoms with Gasteiger partial charge in [0.25, 0.3) is 0 Å². The minimum Gasteiger partial charge on any atom is -0.361 e. The third-order valence-corrected chi connectivity index (χ3v) is 3.69. The van der Waals surface area contributed by atoms with Crippen LogP contribution in [0.1, 0.15) is 11.6 Å². The number of aromatic nitrogens is 1. The molecule has 1 aliphatic rings. The van der Waals surface area contributed by atoms with Crippen molar-refractivity contribution in [1.82, 2.24) is 15.2 Å². The van der Waals surface area contributed by atoms with E-state index >= 15 is 0 Å². The molecule has 0 saturated carbocycles. The molecule has 20 heavy (non-hydrogen) atoms. The van der Waals surface area contributed by atoms with E-state index in [-0.39, 0.29) is 24.8 Å². The van der Waals surface area contributed by atoms with Crippen LogP contribution in [0, 0.1) is 0 Å². The van der Waals surface area contributed by atoms with Gasteiger partial charge in [-0.3, -0.25) is 4.90 Å². The van der Waals surface area contributed by atoms with Gasteiger partial charge in [0.2, 0.25) is 0 Å². The number of fused-ring (bicyclic) bond motifs is 1. The summed E-state index contributed by atoms with van der Waals surface area (Å²) in [6.07, 6.45) is 4.04. The number of aromatic amines is 1. The van der Waals surface area contributed by atoms with Gasteiger partial charge in [-0.25, -0.2) is 0 Å². The zero-order valence-electron chi connectivity index (χ0n) is 11.3. The van der Waals surface area contributed by atoms with Gasteiger partial charge in [-0.2, -0.15) is 0 Å². The van der Waals surface area contributed by atoms with Crippen LogP contribution in [0.4, 0.5) is 0 Å². The molecule has 0 radical (unpaired) electrons. The molecule has 1 aromatic carbocycles. The van der Waals surface area contributed by atoms with E-state index in [4.69, 9.17) is 0 Å². The fourth-order valence-electron chi connectivity index (χ4n) is 2.71. The van der Waals surface area contributed by atoms with Crippen molar-refractivity contribution in [2.24, 2.45) is 0 Å². The lowest BCUT2D eigenvalue weighted by atomic mass is 10.0. The maximum absolute atomic E-state index is 4.01. The average molecular weight is 314 g/mol. The number of H-pyrrole nitrogens is 1. The average Bonchev–Trinajstić information content (AvgIpc) is 2.88. The fourth-order valence-corrected chi connectivity index (χ4v) is 2.71. The van der Waals surface area contributed by atoms with Crippen molar-refractivity contribution in [2.45, 2.75) is 6.04 Å². The van der Waals surface area contributed by atoms with Crippen molar-refractivity contribution >= 4 is 35.7 Å². The third-order valence-electron chi connectivity index (χ3n) is 3.69. The second-order valence-corrected chi connectivity index (χ2v) is 4.79. The Hall–Kier alpha value is -1.00. The zero-order valence-corrected chi connectivity index (χ0v) is 13.0. The summed E-state index contributed by atoms with van der Waals surface area (Å²) in [5.74, 6) is 0. The number of benzene rings is 1.